The normalized spacial score (nSPS) is 20.3. The Bertz CT molecular complexity index is 1410. The van der Waals surface area contributed by atoms with Crippen LogP contribution in [0.5, 0.6) is 5.88 Å². The van der Waals surface area contributed by atoms with Gasteiger partial charge in [-0.05, 0) is 40.3 Å². The highest BCUT2D eigenvalue weighted by atomic mass is 127. The molecule has 1 N–H and O–H groups in total. The lowest BCUT2D eigenvalue weighted by Crippen LogP contribution is -2.40. The molecule has 0 aliphatic carbocycles. The van der Waals surface area contributed by atoms with E-state index in [1.54, 1.807) is 0 Å². The van der Waals surface area contributed by atoms with Gasteiger partial charge in [-0.15, -0.1) is 0 Å². The van der Waals surface area contributed by atoms with Gasteiger partial charge in [-0.1, -0.05) is 12.1 Å². The van der Waals surface area contributed by atoms with Gasteiger partial charge in [0.25, 0.3) is 0 Å². The smallest absolute Gasteiger partial charge is 0.305 e. The summed E-state index contributed by atoms with van der Waals surface area (Å²) in [6, 6.07) is 7.65. The van der Waals surface area contributed by atoms with Crippen LogP contribution in [-0.2, 0) is 44.7 Å². The number of anilines is 1. The highest BCUT2D eigenvalue weighted by Gasteiger charge is 2.52. The van der Waals surface area contributed by atoms with E-state index in [4.69, 9.17) is 23.7 Å². The molecule has 1 aliphatic rings. The minimum atomic E-state index is -1.40. The molecule has 14 nitrogen and oxygen atoms in total. The number of fused-ring (bicyclic) bond motifs is 1. The average molecular weight is 653 g/mol. The van der Waals surface area contributed by atoms with E-state index in [-0.39, 0.29) is 29.6 Å². The fourth-order valence-electron chi connectivity index (χ4n) is 3.85. The topological polar surface area (TPSA) is 170 Å². The third-order valence-electron chi connectivity index (χ3n) is 5.27. The molecule has 0 radical (unpaired) electrons. The second kappa shape index (κ2) is 11.9. The van der Waals surface area contributed by atoms with Crippen LogP contribution in [0.4, 0.5) is 5.95 Å². The van der Waals surface area contributed by atoms with Crippen LogP contribution in [0.1, 0.15) is 39.5 Å². The highest BCUT2D eigenvalue weighted by Crippen LogP contribution is 2.37. The maximum atomic E-state index is 12.0. The molecule has 2 aromatic heterocycles. The molecule has 1 amide bonds. The van der Waals surface area contributed by atoms with E-state index >= 15 is 0 Å². The van der Waals surface area contributed by atoms with Crippen molar-refractivity contribution < 1.29 is 42.9 Å². The number of nitrogens with zero attached hydrogens (tertiary/aromatic N) is 4. The Labute approximate surface area is 235 Å². The van der Waals surface area contributed by atoms with Gasteiger partial charge in [0.2, 0.25) is 30.1 Å². The van der Waals surface area contributed by atoms with Crippen LogP contribution < -0.4 is 10.1 Å². The number of hydrogen-bond acceptors (Lipinski definition) is 12. The third kappa shape index (κ3) is 6.78. The van der Waals surface area contributed by atoms with Crippen molar-refractivity contribution in [2.24, 2.45) is 0 Å². The molecule has 1 fully saturated rings. The van der Waals surface area contributed by atoms with Crippen molar-refractivity contribution in [3.63, 3.8) is 0 Å². The first-order valence-electron chi connectivity index (χ1n) is 11.6. The van der Waals surface area contributed by atoms with Crippen LogP contribution in [0.3, 0.4) is 0 Å². The van der Waals surface area contributed by atoms with Gasteiger partial charge in [-0.2, -0.15) is 9.97 Å². The summed E-state index contributed by atoms with van der Waals surface area (Å²) < 4.78 is 30.2. The van der Waals surface area contributed by atoms with E-state index in [1.807, 2.05) is 24.3 Å². The van der Waals surface area contributed by atoms with Gasteiger partial charge in [-0.3, -0.25) is 29.1 Å². The molecule has 4 rings (SSSR count). The summed E-state index contributed by atoms with van der Waals surface area (Å²) in [5.74, 6) is -2.56. The zero-order chi connectivity index (χ0) is 28.3. The fourth-order valence-corrected chi connectivity index (χ4v) is 4.21. The van der Waals surface area contributed by atoms with Gasteiger partial charge >= 0.3 is 17.9 Å². The Kier molecular flexibility index (Phi) is 8.59. The van der Waals surface area contributed by atoms with Gasteiger partial charge in [0.05, 0.1) is 6.33 Å². The van der Waals surface area contributed by atoms with Crippen LogP contribution in [0.15, 0.2) is 30.6 Å². The number of rotatable bonds is 8. The van der Waals surface area contributed by atoms with Gasteiger partial charge in [-0.25, -0.2) is 4.98 Å². The summed E-state index contributed by atoms with van der Waals surface area (Å²) in [5, 5.41) is 2.52. The van der Waals surface area contributed by atoms with E-state index in [2.05, 4.69) is 42.9 Å². The lowest BCUT2D eigenvalue weighted by molar-refractivity contribution is -0.198. The number of hydrogen-bond donors (Lipinski definition) is 1. The summed E-state index contributed by atoms with van der Waals surface area (Å²) in [7, 11) is 0. The molecule has 1 aliphatic heterocycles. The number of aromatic nitrogens is 4. The number of esters is 3. The second-order valence-corrected chi connectivity index (χ2v) is 9.67. The third-order valence-corrected chi connectivity index (χ3v) is 5.99. The van der Waals surface area contributed by atoms with Crippen molar-refractivity contribution in [1.82, 2.24) is 19.5 Å². The van der Waals surface area contributed by atoms with Gasteiger partial charge in [0.1, 0.15) is 6.61 Å². The molecule has 15 heteroatoms. The Balaban J connectivity index is 1.76. The van der Waals surface area contributed by atoms with E-state index < -0.39 is 48.5 Å². The lowest BCUT2D eigenvalue weighted by Gasteiger charge is -2.23. The number of ether oxygens (including phenoxy) is 5. The van der Waals surface area contributed by atoms with E-state index in [0.717, 1.165) is 23.0 Å². The Morgan fingerprint density at radius 2 is 1.59 bits per heavy atom. The van der Waals surface area contributed by atoms with E-state index in [9.17, 15) is 19.2 Å². The standard InChI is InChI=1S/C24H24IN5O9/c1-11(31)27-24-28-20-17(21(29-24)35-9-15-5-7-16(25)8-6-15)26-10-30(20)22-18(36-12(2)32)19(37-13(3)33)23(39-22)38-14(4)34/h5-8,10,18-19,22-23H,9H2,1-4H3,(H,27,28,29,31)/t18-,19+,22-,23+/m1/s1. The Morgan fingerprint density at radius 3 is 2.21 bits per heavy atom. The molecular weight excluding hydrogens is 629 g/mol. The van der Waals surface area contributed by atoms with Gasteiger partial charge in [0.15, 0.2) is 23.5 Å². The van der Waals surface area contributed by atoms with Crippen molar-refractivity contribution in [3.05, 3.63) is 39.7 Å². The monoisotopic (exact) mass is 653 g/mol. The summed E-state index contributed by atoms with van der Waals surface area (Å²) in [6.45, 7) is 4.91. The Morgan fingerprint density at radius 1 is 0.949 bits per heavy atom. The first kappa shape index (κ1) is 28.2. The van der Waals surface area contributed by atoms with Crippen LogP contribution in [0, 0.1) is 3.57 Å². The maximum Gasteiger partial charge on any atom is 0.305 e. The molecule has 3 heterocycles. The minimum absolute atomic E-state index is 0.0659. The molecule has 4 atom stereocenters. The van der Waals surface area contributed by atoms with E-state index in [0.29, 0.717) is 0 Å². The number of benzene rings is 1. The van der Waals surface area contributed by atoms with Crippen LogP contribution in [0.2, 0.25) is 0 Å². The minimum Gasteiger partial charge on any atom is -0.471 e. The van der Waals surface area contributed by atoms with Gasteiger partial charge in [0, 0.05) is 31.3 Å². The second-order valence-electron chi connectivity index (χ2n) is 8.43. The van der Waals surface area contributed by atoms with Gasteiger partial charge < -0.3 is 23.7 Å². The predicted octanol–water partition coefficient (Wildman–Crippen LogP) is 2.25. The molecule has 3 aromatic rings. The largest absolute Gasteiger partial charge is 0.471 e. The van der Waals surface area contributed by atoms with Crippen molar-refractivity contribution in [2.45, 2.75) is 59.0 Å². The summed E-state index contributed by atoms with van der Waals surface area (Å²) in [5.41, 5.74) is 1.21. The van der Waals surface area contributed by atoms with Crippen molar-refractivity contribution >= 4 is 63.5 Å². The van der Waals surface area contributed by atoms with Crippen LogP contribution >= 0.6 is 22.6 Å². The summed E-state index contributed by atoms with van der Waals surface area (Å²) in [4.78, 5) is 60.3. The molecule has 0 saturated carbocycles. The summed E-state index contributed by atoms with van der Waals surface area (Å²) >= 11 is 2.20. The summed E-state index contributed by atoms with van der Waals surface area (Å²) in [6.07, 6.45) is -3.80. The van der Waals surface area contributed by atoms with E-state index in [1.165, 1.54) is 24.7 Å². The van der Waals surface area contributed by atoms with Crippen molar-refractivity contribution in [1.29, 1.82) is 0 Å². The number of halogens is 1. The molecule has 1 saturated heterocycles. The fraction of sp³-hybridized carbons (Fsp3) is 0.375. The Hall–Kier alpha value is -3.86. The number of amides is 1. The SMILES string of the molecule is CC(=O)Nc1nc(OCc2ccc(I)cc2)c2ncn([C@@H]3O[C@H](OC(C)=O)[C@@H](OC(C)=O)[C@H]3OC(C)=O)c2n1. The average Bonchev–Trinajstić information content (AvgIpc) is 3.39. The highest BCUT2D eigenvalue weighted by molar-refractivity contribution is 14.1. The zero-order valence-corrected chi connectivity index (χ0v) is 23.4. The first-order valence-corrected chi connectivity index (χ1v) is 12.7. The molecule has 0 unspecified atom stereocenters. The zero-order valence-electron chi connectivity index (χ0n) is 21.2. The maximum absolute atomic E-state index is 12.0. The molecular formula is C24H24IN5O9. The van der Waals surface area contributed by atoms with Crippen molar-refractivity contribution in [2.75, 3.05) is 5.32 Å². The van der Waals surface area contributed by atoms with Crippen LogP contribution in [0.25, 0.3) is 11.2 Å². The molecule has 0 bridgehead atoms. The lowest BCUT2D eigenvalue weighted by atomic mass is 10.2. The molecule has 0 spiro atoms. The molecule has 1 aromatic carbocycles. The quantitative estimate of drug-likeness (QED) is 0.214. The first-order chi connectivity index (χ1) is 18.5. The predicted molar refractivity (Wildman–Crippen MR) is 140 cm³/mol. The van der Waals surface area contributed by atoms with Crippen LogP contribution in [-0.4, -0.2) is 61.8 Å². The molecule has 206 valence electrons. The number of carbonyl (C=O) groups excluding carboxylic acids is 4. The number of imidazole rings is 1. The van der Waals surface area contributed by atoms with Crippen molar-refractivity contribution in [3.8, 4) is 5.88 Å². The molecule has 39 heavy (non-hydrogen) atoms. The number of nitrogens with one attached hydrogen (secondary N) is 1. The number of carbonyl (C=O) groups is 4.